The van der Waals surface area contributed by atoms with Crippen molar-refractivity contribution in [1.82, 2.24) is 0 Å². The Morgan fingerprint density at radius 2 is 1.29 bits per heavy atom. The van der Waals surface area contributed by atoms with Crippen LogP contribution in [0.5, 0.6) is 0 Å². The molecule has 2 aromatic rings. The number of benzene rings is 2. The minimum Gasteiger partial charge on any atom is -0.304 e. The third-order valence-electron chi connectivity index (χ3n) is 4.70. The lowest BCUT2D eigenvalue weighted by molar-refractivity contribution is -0.00182. The van der Waals surface area contributed by atoms with Crippen LogP contribution in [0.25, 0.3) is 0 Å². The van der Waals surface area contributed by atoms with Crippen molar-refractivity contribution in [2.45, 2.75) is 42.5 Å². The maximum absolute atomic E-state index is 13.8. The molecule has 2 unspecified atom stereocenters. The minimum atomic E-state index is -3.33. The molecule has 1 saturated carbocycles. The van der Waals surface area contributed by atoms with Crippen molar-refractivity contribution in [3.8, 4) is 0 Å². The Morgan fingerprint density at radius 1 is 0.833 bits per heavy atom. The quantitative estimate of drug-likeness (QED) is 0.531. The van der Waals surface area contributed by atoms with E-state index in [1.54, 1.807) is 0 Å². The van der Waals surface area contributed by atoms with E-state index in [1.165, 1.54) is 0 Å². The smallest absolute Gasteiger partial charge is 0.304 e. The second-order valence-electron chi connectivity index (χ2n) is 6.52. The zero-order chi connectivity index (χ0) is 16.6. The summed E-state index contributed by atoms with van der Waals surface area (Å²) in [5.41, 5.74) is 1.50. The van der Waals surface area contributed by atoms with Gasteiger partial charge in [-0.25, -0.2) is 0 Å². The monoisotopic (exact) mass is 362 g/mol. The average molecular weight is 363 g/mol. The molecule has 24 heavy (non-hydrogen) atoms. The molecule has 5 heteroatoms. The Bertz CT molecular complexity index is 675. The van der Waals surface area contributed by atoms with Crippen LogP contribution in [-0.2, 0) is 13.6 Å². The van der Waals surface area contributed by atoms with Crippen LogP contribution in [0, 0.1) is 0 Å². The summed E-state index contributed by atoms with van der Waals surface area (Å²) in [7, 11) is -3.33. The van der Waals surface area contributed by atoms with E-state index in [-0.39, 0.29) is 17.6 Å². The fraction of sp³-hybridized carbons (Fsp3) is 0.368. The molecule has 2 fully saturated rings. The molecule has 0 aromatic heterocycles. The van der Waals surface area contributed by atoms with Crippen molar-refractivity contribution >= 4 is 19.2 Å². The lowest BCUT2D eigenvalue weighted by atomic mass is 9.95. The molecule has 126 valence electrons. The van der Waals surface area contributed by atoms with Crippen molar-refractivity contribution in [2.75, 3.05) is 0 Å². The Morgan fingerprint density at radius 3 is 1.75 bits per heavy atom. The molecule has 1 heterocycles. The van der Waals surface area contributed by atoms with Gasteiger partial charge in [-0.05, 0) is 24.0 Å². The molecule has 0 N–H and O–H groups in total. The summed E-state index contributed by atoms with van der Waals surface area (Å²) in [5.74, 6) is 0. The van der Waals surface area contributed by atoms with Crippen LogP contribution in [-0.4, -0.2) is 17.6 Å². The standard InChI is InChI=1S/C19H20ClO3P/c20-16-11-17-13-18(12-16)23-24(21,22-17)19(14-7-3-1-4-8-14)15-9-5-2-6-10-15/h1-10,16-19H,11-13H2/t16?,17-,18+,24?. The summed E-state index contributed by atoms with van der Waals surface area (Å²) >= 11 is 6.28. The molecule has 0 radical (unpaired) electrons. The van der Waals surface area contributed by atoms with Gasteiger partial charge >= 0.3 is 7.60 Å². The first-order valence-corrected chi connectivity index (χ1v) is 10.4. The predicted molar refractivity (Wildman–Crippen MR) is 95.6 cm³/mol. The van der Waals surface area contributed by atoms with Gasteiger partial charge in [-0.15, -0.1) is 11.6 Å². The van der Waals surface area contributed by atoms with Gasteiger partial charge in [0.05, 0.1) is 12.2 Å². The Balaban J connectivity index is 1.75. The van der Waals surface area contributed by atoms with Gasteiger partial charge in [0.1, 0.15) is 5.66 Å². The van der Waals surface area contributed by atoms with Gasteiger partial charge in [0.15, 0.2) is 0 Å². The van der Waals surface area contributed by atoms with E-state index in [1.807, 2.05) is 60.7 Å². The number of halogens is 1. The fourth-order valence-corrected chi connectivity index (χ4v) is 6.66. The van der Waals surface area contributed by atoms with Crippen molar-refractivity contribution in [1.29, 1.82) is 0 Å². The topological polar surface area (TPSA) is 35.5 Å². The molecule has 1 aliphatic carbocycles. The van der Waals surface area contributed by atoms with Gasteiger partial charge in [-0.2, -0.15) is 0 Å². The average Bonchev–Trinajstić information content (AvgIpc) is 2.55. The highest BCUT2D eigenvalue weighted by atomic mass is 35.5. The van der Waals surface area contributed by atoms with Crippen molar-refractivity contribution < 1.29 is 13.6 Å². The zero-order valence-electron chi connectivity index (χ0n) is 13.3. The lowest BCUT2D eigenvalue weighted by Gasteiger charge is -2.43. The Kier molecular flexibility index (Phi) is 4.53. The fourth-order valence-electron chi connectivity index (χ4n) is 3.71. The molecule has 2 aromatic carbocycles. The molecule has 2 bridgehead atoms. The molecule has 1 aliphatic heterocycles. The van der Waals surface area contributed by atoms with Gasteiger partial charge in [0.25, 0.3) is 0 Å². The van der Waals surface area contributed by atoms with Gasteiger partial charge < -0.3 is 9.05 Å². The van der Waals surface area contributed by atoms with Crippen molar-refractivity contribution in [3.63, 3.8) is 0 Å². The molecule has 3 nitrogen and oxygen atoms in total. The summed E-state index contributed by atoms with van der Waals surface area (Å²) in [6, 6.07) is 19.7. The van der Waals surface area contributed by atoms with E-state index in [0.717, 1.165) is 30.4 Å². The second-order valence-corrected chi connectivity index (χ2v) is 9.16. The summed E-state index contributed by atoms with van der Waals surface area (Å²) in [6.07, 6.45) is 2.09. The lowest BCUT2D eigenvalue weighted by Crippen LogP contribution is -2.38. The van der Waals surface area contributed by atoms with Gasteiger partial charge in [0.2, 0.25) is 0 Å². The third-order valence-corrected chi connectivity index (χ3v) is 7.47. The van der Waals surface area contributed by atoms with Crippen molar-refractivity contribution in [2.24, 2.45) is 0 Å². The third kappa shape index (κ3) is 3.19. The molecule has 1 saturated heterocycles. The summed E-state index contributed by atoms with van der Waals surface area (Å²) in [6.45, 7) is 0. The first-order valence-electron chi connectivity index (χ1n) is 8.34. The molecule has 4 atom stereocenters. The molecule has 0 amide bonds. The first kappa shape index (κ1) is 16.4. The highest BCUT2D eigenvalue weighted by Crippen LogP contribution is 2.68. The van der Waals surface area contributed by atoms with Gasteiger partial charge in [0, 0.05) is 11.8 Å². The van der Waals surface area contributed by atoms with Crippen LogP contribution in [0.1, 0.15) is 36.0 Å². The molecule has 4 rings (SSSR count). The number of hydrogen-bond acceptors (Lipinski definition) is 3. The van der Waals surface area contributed by atoms with E-state index in [0.29, 0.717) is 0 Å². The Labute approximate surface area is 147 Å². The van der Waals surface area contributed by atoms with E-state index in [4.69, 9.17) is 20.6 Å². The highest BCUT2D eigenvalue weighted by Gasteiger charge is 2.48. The van der Waals surface area contributed by atoms with Gasteiger partial charge in [-0.1, -0.05) is 60.7 Å². The number of hydrogen-bond donors (Lipinski definition) is 0. The van der Waals surface area contributed by atoms with E-state index >= 15 is 0 Å². The zero-order valence-corrected chi connectivity index (χ0v) is 14.9. The molecular weight excluding hydrogens is 343 g/mol. The molecule has 0 spiro atoms. The second kappa shape index (κ2) is 6.65. The Hall–Kier alpha value is -1.12. The summed E-state index contributed by atoms with van der Waals surface area (Å²) in [4.78, 5) is 0. The van der Waals surface area contributed by atoms with Crippen LogP contribution in [0.3, 0.4) is 0 Å². The van der Waals surface area contributed by atoms with Crippen LogP contribution >= 0.6 is 19.2 Å². The SMILES string of the molecule is O=P1(C(c2ccccc2)c2ccccc2)O[C@@H]2CC(Cl)C[C@@H](C2)O1. The normalized spacial score (nSPS) is 32.7. The number of alkyl halides is 1. The molecular formula is C19H20ClO3P. The largest absolute Gasteiger partial charge is 0.342 e. The summed E-state index contributed by atoms with van der Waals surface area (Å²) < 4.78 is 25.8. The van der Waals surface area contributed by atoms with E-state index in [2.05, 4.69) is 0 Å². The van der Waals surface area contributed by atoms with E-state index < -0.39 is 13.3 Å². The van der Waals surface area contributed by atoms with Gasteiger partial charge in [-0.3, -0.25) is 4.57 Å². The van der Waals surface area contributed by atoms with Crippen LogP contribution < -0.4 is 0 Å². The number of rotatable bonds is 3. The van der Waals surface area contributed by atoms with E-state index in [9.17, 15) is 4.57 Å². The minimum absolute atomic E-state index is 0.0365. The van der Waals surface area contributed by atoms with Crippen LogP contribution in [0.2, 0.25) is 0 Å². The summed E-state index contributed by atoms with van der Waals surface area (Å²) in [5, 5.41) is 0.0365. The highest BCUT2D eigenvalue weighted by molar-refractivity contribution is 7.54. The predicted octanol–water partition coefficient (Wildman–Crippen LogP) is 5.54. The van der Waals surface area contributed by atoms with Crippen LogP contribution in [0.15, 0.2) is 60.7 Å². The van der Waals surface area contributed by atoms with Crippen molar-refractivity contribution in [3.05, 3.63) is 71.8 Å². The first-order chi connectivity index (χ1) is 11.6. The van der Waals surface area contributed by atoms with Crippen LogP contribution in [0.4, 0.5) is 0 Å². The maximum Gasteiger partial charge on any atom is 0.342 e. The molecule has 2 aliphatic rings. The maximum atomic E-state index is 13.8. The number of fused-ring (bicyclic) bond motifs is 2.